The third-order valence-corrected chi connectivity index (χ3v) is 5.93. The zero-order chi connectivity index (χ0) is 20.8. The number of anilines is 1. The van der Waals surface area contributed by atoms with E-state index in [9.17, 15) is 4.79 Å². The van der Waals surface area contributed by atoms with E-state index in [1.54, 1.807) is 0 Å². The molecule has 2 aliphatic rings. The number of hydrogen-bond acceptors (Lipinski definition) is 5. The number of ketones is 1. The Kier molecular flexibility index (Phi) is 4.51. The molecule has 0 saturated carbocycles. The molecule has 2 atom stereocenters. The second-order valence-corrected chi connectivity index (χ2v) is 8.33. The Morgan fingerprint density at radius 3 is 2.67 bits per heavy atom. The van der Waals surface area contributed by atoms with Gasteiger partial charge in [-0.05, 0) is 31.3 Å². The predicted molar refractivity (Wildman–Crippen MR) is 118 cm³/mol. The first-order valence-electron chi connectivity index (χ1n) is 10.2. The van der Waals surface area contributed by atoms with Crippen LogP contribution in [0.1, 0.15) is 44.8 Å². The number of nitrogens with one attached hydrogen (secondary N) is 1. The molecule has 2 aliphatic heterocycles. The Morgan fingerprint density at radius 2 is 1.97 bits per heavy atom. The van der Waals surface area contributed by atoms with E-state index in [0.29, 0.717) is 0 Å². The summed E-state index contributed by atoms with van der Waals surface area (Å²) >= 11 is 0. The summed E-state index contributed by atoms with van der Waals surface area (Å²) in [6.07, 6.45) is 3.78. The largest absolute Gasteiger partial charge is 0.377 e. The molecule has 0 radical (unpaired) electrons. The summed E-state index contributed by atoms with van der Waals surface area (Å²) in [6, 6.07) is 14.6. The standard InChI is InChI=1S/C24H25N5O/c1-28(2)14-15-7-9-16(10-8-15)22-21(24-25-11-12-29(24)3)23-20-17(19(30)13-26-23)5-4-6-18(20)27-22/h4-12,21-22,27H,13-14H2,1-3H3. The van der Waals surface area contributed by atoms with Crippen LogP contribution in [-0.2, 0) is 13.6 Å². The summed E-state index contributed by atoms with van der Waals surface area (Å²) < 4.78 is 2.05. The average Bonchev–Trinajstić information content (AvgIpc) is 3.16. The SMILES string of the molecule is CN(C)Cc1ccc(C2Nc3cccc4c3C(=NCC4=O)C2c2nccn2C)cc1. The molecule has 5 rings (SSSR count). The van der Waals surface area contributed by atoms with E-state index in [-0.39, 0.29) is 24.3 Å². The molecule has 3 aromatic rings. The summed E-state index contributed by atoms with van der Waals surface area (Å²) in [7, 11) is 6.16. The summed E-state index contributed by atoms with van der Waals surface area (Å²) in [5.74, 6) is 0.937. The molecule has 1 aromatic heterocycles. The van der Waals surface area contributed by atoms with Crippen molar-refractivity contribution in [1.29, 1.82) is 0 Å². The van der Waals surface area contributed by atoms with Gasteiger partial charge in [0.2, 0.25) is 0 Å². The third kappa shape index (κ3) is 3.04. The Bertz CT molecular complexity index is 1140. The van der Waals surface area contributed by atoms with Crippen LogP contribution in [0.25, 0.3) is 0 Å². The van der Waals surface area contributed by atoms with Crippen molar-refractivity contribution >= 4 is 17.2 Å². The zero-order valence-corrected chi connectivity index (χ0v) is 17.5. The number of aliphatic imine (C=N–C) groups is 1. The highest BCUT2D eigenvalue weighted by Gasteiger charge is 2.41. The van der Waals surface area contributed by atoms with Crippen LogP contribution < -0.4 is 5.32 Å². The molecule has 0 amide bonds. The van der Waals surface area contributed by atoms with Crippen molar-refractivity contribution in [1.82, 2.24) is 14.5 Å². The molecule has 2 aromatic carbocycles. The number of carbonyl (C=O) groups is 1. The van der Waals surface area contributed by atoms with Gasteiger partial charge >= 0.3 is 0 Å². The molecule has 0 spiro atoms. The lowest BCUT2D eigenvalue weighted by Crippen LogP contribution is -2.37. The first-order valence-corrected chi connectivity index (χ1v) is 10.2. The quantitative estimate of drug-likeness (QED) is 0.730. The lowest BCUT2D eigenvalue weighted by Gasteiger charge is -2.38. The number of hydrogen-bond donors (Lipinski definition) is 1. The average molecular weight is 399 g/mol. The topological polar surface area (TPSA) is 62.5 Å². The number of carbonyl (C=O) groups excluding carboxylic acids is 1. The first kappa shape index (κ1) is 18.8. The monoisotopic (exact) mass is 399 g/mol. The molecule has 0 aliphatic carbocycles. The van der Waals surface area contributed by atoms with Crippen molar-refractivity contribution in [3.63, 3.8) is 0 Å². The number of rotatable bonds is 4. The molecule has 0 fully saturated rings. The fraction of sp³-hybridized carbons (Fsp3) is 0.292. The maximum Gasteiger partial charge on any atom is 0.184 e. The lowest BCUT2D eigenvalue weighted by atomic mass is 9.78. The molecule has 6 nitrogen and oxygen atoms in total. The van der Waals surface area contributed by atoms with E-state index in [1.807, 2.05) is 42.2 Å². The van der Waals surface area contributed by atoms with Gasteiger partial charge in [0.1, 0.15) is 12.4 Å². The number of nitrogens with zero attached hydrogens (tertiary/aromatic N) is 4. The molecule has 1 N–H and O–H groups in total. The van der Waals surface area contributed by atoms with Crippen LogP contribution in [0.2, 0.25) is 0 Å². The molecule has 0 bridgehead atoms. The van der Waals surface area contributed by atoms with Gasteiger partial charge in [0.25, 0.3) is 0 Å². The van der Waals surface area contributed by atoms with Crippen LogP contribution in [0.3, 0.4) is 0 Å². The molecule has 0 saturated heterocycles. The van der Waals surface area contributed by atoms with Gasteiger partial charge in [-0.15, -0.1) is 0 Å². The van der Waals surface area contributed by atoms with Crippen LogP contribution in [0, 0.1) is 0 Å². The van der Waals surface area contributed by atoms with Gasteiger partial charge in [-0.2, -0.15) is 0 Å². The number of Topliss-reactive ketones (excluding diaryl/α,β-unsaturated/α-hetero) is 1. The normalized spacial score (nSPS) is 20.0. The minimum Gasteiger partial charge on any atom is -0.377 e. The van der Waals surface area contributed by atoms with Gasteiger partial charge in [0.05, 0.1) is 17.7 Å². The number of benzene rings is 2. The van der Waals surface area contributed by atoms with Crippen LogP contribution >= 0.6 is 0 Å². The van der Waals surface area contributed by atoms with E-state index in [1.165, 1.54) is 11.1 Å². The maximum atomic E-state index is 12.5. The lowest BCUT2D eigenvalue weighted by molar-refractivity contribution is 0.1000. The second kappa shape index (κ2) is 7.22. The van der Waals surface area contributed by atoms with Gasteiger partial charge in [-0.3, -0.25) is 9.79 Å². The van der Waals surface area contributed by atoms with Crippen molar-refractivity contribution in [2.45, 2.75) is 18.5 Å². The molecule has 2 unspecified atom stereocenters. The van der Waals surface area contributed by atoms with E-state index in [0.717, 1.165) is 34.9 Å². The number of imidazole rings is 1. The van der Waals surface area contributed by atoms with E-state index in [4.69, 9.17) is 4.99 Å². The zero-order valence-electron chi connectivity index (χ0n) is 17.5. The fourth-order valence-electron chi connectivity index (χ4n) is 4.58. The van der Waals surface area contributed by atoms with Crippen LogP contribution in [0.4, 0.5) is 5.69 Å². The smallest absolute Gasteiger partial charge is 0.184 e. The van der Waals surface area contributed by atoms with Crippen LogP contribution in [0.15, 0.2) is 59.9 Å². The van der Waals surface area contributed by atoms with E-state index in [2.05, 4.69) is 53.6 Å². The Balaban J connectivity index is 1.64. The van der Waals surface area contributed by atoms with Crippen molar-refractivity contribution in [2.24, 2.45) is 12.0 Å². The van der Waals surface area contributed by atoms with Crippen LogP contribution in [0.5, 0.6) is 0 Å². The molecule has 30 heavy (non-hydrogen) atoms. The first-order chi connectivity index (χ1) is 14.5. The minimum atomic E-state index is -0.0774. The number of aryl methyl sites for hydroxylation is 1. The maximum absolute atomic E-state index is 12.5. The highest BCUT2D eigenvalue weighted by Crippen LogP contribution is 2.44. The summed E-state index contributed by atoms with van der Waals surface area (Å²) in [5.41, 5.74) is 6.06. The molecular weight excluding hydrogens is 374 g/mol. The predicted octanol–water partition coefficient (Wildman–Crippen LogP) is 3.42. The summed E-state index contributed by atoms with van der Waals surface area (Å²) in [6.45, 7) is 1.10. The van der Waals surface area contributed by atoms with E-state index < -0.39 is 0 Å². The van der Waals surface area contributed by atoms with Gasteiger partial charge in [0, 0.05) is 42.8 Å². The highest BCUT2D eigenvalue weighted by atomic mass is 16.1. The van der Waals surface area contributed by atoms with E-state index >= 15 is 0 Å². The summed E-state index contributed by atoms with van der Waals surface area (Å²) in [5, 5.41) is 3.70. The second-order valence-electron chi connectivity index (χ2n) is 8.33. The third-order valence-electron chi connectivity index (χ3n) is 5.93. The molecule has 3 heterocycles. The summed E-state index contributed by atoms with van der Waals surface area (Å²) in [4.78, 5) is 24.1. The van der Waals surface area contributed by atoms with Gasteiger partial charge in [0.15, 0.2) is 5.78 Å². The number of aromatic nitrogens is 2. The molecule has 6 heteroatoms. The molecular formula is C24H25N5O. The van der Waals surface area contributed by atoms with Gasteiger partial charge in [-0.25, -0.2) is 4.98 Å². The van der Waals surface area contributed by atoms with Crippen molar-refractivity contribution in [3.8, 4) is 0 Å². The van der Waals surface area contributed by atoms with Crippen LogP contribution in [-0.4, -0.2) is 46.6 Å². The Morgan fingerprint density at radius 1 is 1.17 bits per heavy atom. The molecule has 152 valence electrons. The van der Waals surface area contributed by atoms with Gasteiger partial charge in [-0.1, -0.05) is 36.4 Å². The Labute approximate surface area is 176 Å². The van der Waals surface area contributed by atoms with Crippen molar-refractivity contribution in [2.75, 3.05) is 26.0 Å². The Hall–Kier alpha value is -3.25. The van der Waals surface area contributed by atoms with Gasteiger partial charge < -0.3 is 14.8 Å². The fourth-order valence-corrected chi connectivity index (χ4v) is 4.58. The van der Waals surface area contributed by atoms with Crippen molar-refractivity contribution < 1.29 is 4.79 Å². The minimum absolute atomic E-state index is 0.0193. The van der Waals surface area contributed by atoms with Crippen molar-refractivity contribution in [3.05, 3.63) is 82.9 Å². The highest BCUT2D eigenvalue weighted by molar-refractivity contribution is 6.21.